The van der Waals surface area contributed by atoms with Crippen LogP contribution in [-0.2, 0) is 9.53 Å². The van der Waals surface area contributed by atoms with E-state index < -0.39 is 17.7 Å². The molecule has 1 heterocycles. The number of ether oxygens (including phenoxy) is 1. The van der Waals surface area contributed by atoms with Crippen LogP contribution in [0, 0.1) is 0 Å². The van der Waals surface area contributed by atoms with Crippen LogP contribution in [0.5, 0.6) is 0 Å². The second-order valence-electron chi connectivity index (χ2n) is 4.36. The number of hydrogen-bond acceptors (Lipinski definition) is 4. The summed E-state index contributed by atoms with van der Waals surface area (Å²) < 4.78 is 4.60. The van der Waals surface area contributed by atoms with E-state index in [0.29, 0.717) is 12.2 Å². The van der Waals surface area contributed by atoms with E-state index in [9.17, 15) is 14.4 Å². The molecule has 5 heteroatoms. The molecule has 0 aliphatic carbocycles. The quantitative estimate of drug-likeness (QED) is 0.612. The van der Waals surface area contributed by atoms with Crippen LogP contribution >= 0.6 is 0 Å². The summed E-state index contributed by atoms with van der Waals surface area (Å²) in [4.78, 5) is 36.7. The van der Waals surface area contributed by atoms with Crippen LogP contribution in [-0.4, -0.2) is 31.3 Å². The maximum absolute atomic E-state index is 11.9. The van der Waals surface area contributed by atoms with Gasteiger partial charge in [-0.3, -0.25) is 9.59 Å². The minimum atomic E-state index is -0.558. The summed E-state index contributed by atoms with van der Waals surface area (Å²) in [5.41, 5.74) is 1.14. The number of fused-ring (bicyclic) bond motifs is 1. The third kappa shape index (κ3) is 2.23. The van der Waals surface area contributed by atoms with Gasteiger partial charge in [-0.05, 0) is 24.6 Å². The lowest BCUT2D eigenvalue weighted by Gasteiger charge is -2.15. The van der Waals surface area contributed by atoms with E-state index in [4.69, 9.17) is 0 Å². The first kappa shape index (κ1) is 13.3. The van der Waals surface area contributed by atoms with Gasteiger partial charge in [0.25, 0.3) is 11.7 Å². The zero-order chi connectivity index (χ0) is 14.0. The number of anilines is 1. The van der Waals surface area contributed by atoms with E-state index >= 15 is 0 Å². The topological polar surface area (TPSA) is 63.7 Å². The number of Topliss-reactive ketones (excluding diaryl/α,β-unsaturated/α-hetero) is 1. The van der Waals surface area contributed by atoms with Crippen molar-refractivity contribution in [3.8, 4) is 0 Å². The zero-order valence-electron chi connectivity index (χ0n) is 10.9. The van der Waals surface area contributed by atoms with Gasteiger partial charge in [0.15, 0.2) is 0 Å². The van der Waals surface area contributed by atoms with Crippen molar-refractivity contribution in [3.05, 3.63) is 29.3 Å². The molecule has 0 saturated carbocycles. The monoisotopic (exact) mass is 261 g/mol. The highest BCUT2D eigenvalue weighted by atomic mass is 16.5. The van der Waals surface area contributed by atoms with Crippen LogP contribution in [0.3, 0.4) is 0 Å². The summed E-state index contributed by atoms with van der Waals surface area (Å²) in [5.74, 6) is -1.60. The van der Waals surface area contributed by atoms with Crippen molar-refractivity contribution in [1.29, 1.82) is 0 Å². The highest BCUT2D eigenvalue weighted by molar-refractivity contribution is 6.52. The van der Waals surface area contributed by atoms with Gasteiger partial charge in [-0.2, -0.15) is 0 Å². The predicted molar refractivity (Wildman–Crippen MR) is 69.4 cm³/mol. The minimum absolute atomic E-state index is 0.278. The summed E-state index contributed by atoms with van der Waals surface area (Å²) in [5, 5.41) is 0. The largest absolute Gasteiger partial charge is 0.465 e. The van der Waals surface area contributed by atoms with Gasteiger partial charge in [-0.25, -0.2) is 4.79 Å². The number of rotatable bonds is 4. The number of carbonyl (C=O) groups is 3. The third-order valence-corrected chi connectivity index (χ3v) is 3.13. The molecule has 19 heavy (non-hydrogen) atoms. The molecule has 0 bridgehead atoms. The molecule has 100 valence electrons. The second-order valence-corrected chi connectivity index (χ2v) is 4.36. The van der Waals surface area contributed by atoms with Gasteiger partial charge < -0.3 is 9.64 Å². The number of amides is 1. The van der Waals surface area contributed by atoms with E-state index in [-0.39, 0.29) is 11.1 Å². The summed E-state index contributed by atoms with van der Waals surface area (Å²) in [6, 6.07) is 4.61. The lowest BCUT2D eigenvalue weighted by molar-refractivity contribution is -0.114. The third-order valence-electron chi connectivity index (χ3n) is 3.13. The van der Waals surface area contributed by atoms with Crippen molar-refractivity contribution in [2.24, 2.45) is 0 Å². The first-order chi connectivity index (χ1) is 9.10. The summed E-state index contributed by atoms with van der Waals surface area (Å²) in [6.45, 7) is 2.54. The van der Waals surface area contributed by atoms with Crippen molar-refractivity contribution in [3.63, 3.8) is 0 Å². The van der Waals surface area contributed by atoms with Crippen LogP contribution in [0.4, 0.5) is 5.69 Å². The Labute approximate surface area is 111 Å². The number of benzene rings is 1. The van der Waals surface area contributed by atoms with Crippen molar-refractivity contribution in [2.45, 2.75) is 19.8 Å². The first-order valence-corrected chi connectivity index (χ1v) is 6.18. The number of unbranched alkanes of at least 4 members (excludes halogenated alkanes) is 1. The minimum Gasteiger partial charge on any atom is -0.465 e. The summed E-state index contributed by atoms with van der Waals surface area (Å²) in [7, 11) is 1.27. The number of ketones is 1. The number of nitrogens with zero attached hydrogens (tertiary/aromatic N) is 1. The fourth-order valence-corrected chi connectivity index (χ4v) is 2.08. The van der Waals surface area contributed by atoms with Gasteiger partial charge in [0, 0.05) is 6.54 Å². The molecule has 0 aromatic heterocycles. The van der Waals surface area contributed by atoms with E-state index in [0.717, 1.165) is 12.8 Å². The molecule has 0 atom stereocenters. The standard InChI is InChI=1S/C14H15NO4/c1-3-4-7-15-11-6-5-9(14(18)19-2)8-10(11)12(16)13(15)17/h5-6,8H,3-4,7H2,1-2H3. The Morgan fingerprint density at radius 3 is 2.68 bits per heavy atom. The lowest BCUT2D eigenvalue weighted by atomic mass is 10.1. The highest BCUT2D eigenvalue weighted by Gasteiger charge is 2.35. The highest BCUT2D eigenvalue weighted by Crippen LogP contribution is 2.30. The molecule has 1 amide bonds. The molecule has 0 radical (unpaired) electrons. The fraction of sp³-hybridized carbons (Fsp3) is 0.357. The number of carbonyl (C=O) groups excluding carboxylic acids is 3. The van der Waals surface area contributed by atoms with Crippen LogP contribution < -0.4 is 4.90 Å². The smallest absolute Gasteiger partial charge is 0.337 e. The van der Waals surface area contributed by atoms with Crippen molar-refractivity contribution >= 4 is 23.3 Å². The van der Waals surface area contributed by atoms with Gasteiger partial charge >= 0.3 is 5.97 Å². The number of methoxy groups -OCH3 is 1. The van der Waals surface area contributed by atoms with Gasteiger partial charge in [0.05, 0.1) is 23.9 Å². The zero-order valence-corrected chi connectivity index (χ0v) is 10.9. The van der Waals surface area contributed by atoms with E-state index in [2.05, 4.69) is 4.74 Å². The Hall–Kier alpha value is -2.17. The fourth-order valence-electron chi connectivity index (χ4n) is 2.08. The summed E-state index contributed by atoms with van der Waals surface area (Å²) >= 11 is 0. The Morgan fingerprint density at radius 2 is 2.05 bits per heavy atom. The summed E-state index contributed by atoms with van der Waals surface area (Å²) in [6.07, 6.45) is 1.77. The molecule has 0 fully saturated rings. The molecular weight excluding hydrogens is 246 g/mol. The van der Waals surface area contributed by atoms with Crippen LogP contribution in [0.25, 0.3) is 0 Å². The maximum Gasteiger partial charge on any atom is 0.337 e. The van der Waals surface area contributed by atoms with Crippen LogP contribution in [0.2, 0.25) is 0 Å². The number of hydrogen-bond donors (Lipinski definition) is 0. The van der Waals surface area contributed by atoms with E-state index in [1.54, 1.807) is 12.1 Å². The normalized spacial score (nSPS) is 13.7. The van der Waals surface area contributed by atoms with E-state index in [1.165, 1.54) is 18.1 Å². The van der Waals surface area contributed by atoms with Crippen molar-refractivity contribution < 1.29 is 19.1 Å². The molecule has 0 unspecified atom stereocenters. The average Bonchev–Trinajstić information content (AvgIpc) is 2.68. The Kier molecular flexibility index (Phi) is 3.64. The Morgan fingerprint density at radius 1 is 1.32 bits per heavy atom. The molecule has 0 N–H and O–H groups in total. The van der Waals surface area contributed by atoms with Gasteiger partial charge in [0.1, 0.15) is 0 Å². The van der Waals surface area contributed by atoms with Crippen LogP contribution in [0.15, 0.2) is 18.2 Å². The molecule has 5 nitrogen and oxygen atoms in total. The molecule has 0 spiro atoms. The van der Waals surface area contributed by atoms with Crippen LogP contribution in [0.1, 0.15) is 40.5 Å². The van der Waals surface area contributed by atoms with Gasteiger partial charge in [-0.1, -0.05) is 13.3 Å². The predicted octanol–water partition coefficient (Wildman–Crippen LogP) is 1.80. The maximum atomic E-state index is 11.9. The molecular formula is C14H15NO4. The Bertz CT molecular complexity index is 550. The molecule has 1 aromatic rings. The van der Waals surface area contributed by atoms with Crippen molar-refractivity contribution in [1.82, 2.24) is 0 Å². The van der Waals surface area contributed by atoms with Crippen molar-refractivity contribution in [2.75, 3.05) is 18.6 Å². The molecule has 1 aromatic carbocycles. The second kappa shape index (κ2) is 5.22. The Balaban J connectivity index is 2.38. The SMILES string of the molecule is CCCCN1C(=O)C(=O)c2cc(C(=O)OC)ccc21. The molecule has 1 aliphatic heterocycles. The molecule has 0 saturated heterocycles. The number of esters is 1. The van der Waals surface area contributed by atoms with Gasteiger partial charge in [0.2, 0.25) is 0 Å². The average molecular weight is 261 g/mol. The first-order valence-electron chi connectivity index (χ1n) is 6.18. The molecule has 1 aliphatic rings. The van der Waals surface area contributed by atoms with Gasteiger partial charge in [-0.15, -0.1) is 0 Å². The molecule has 2 rings (SSSR count). The lowest BCUT2D eigenvalue weighted by Crippen LogP contribution is -2.30. The van der Waals surface area contributed by atoms with E-state index in [1.807, 2.05) is 6.92 Å².